The number of benzene rings is 2. The molecule has 0 saturated carbocycles. The summed E-state index contributed by atoms with van der Waals surface area (Å²) in [5.74, 6) is 0.454. The number of ether oxygens (including phenoxy) is 1. The highest BCUT2D eigenvalue weighted by Crippen LogP contribution is 2.34. The number of fused-ring (bicyclic) bond motifs is 1. The van der Waals surface area contributed by atoms with Crippen molar-refractivity contribution in [2.75, 3.05) is 18.0 Å². The zero-order chi connectivity index (χ0) is 21.4. The van der Waals surface area contributed by atoms with E-state index in [4.69, 9.17) is 4.74 Å². The number of thiol groups is 1. The Bertz CT molecular complexity index is 1310. The number of nitrogens with zero attached hydrogens (tertiary/aromatic N) is 3. The molecule has 2 aromatic carbocycles. The van der Waals surface area contributed by atoms with Gasteiger partial charge in [-0.1, -0.05) is 15.4 Å². The zero-order valence-electron chi connectivity index (χ0n) is 16.6. The lowest BCUT2D eigenvalue weighted by molar-refractivity contribution is 0.388. The number of methoxy groups -OCH3 is 1. The zero-order valence-corrected chi connectivity index (χ0v) is 17.5. The summed E-state index contributed by atoms with van der Waals surface area (Å²) in [4.78, 5) is 18.8. The standard InChI is InChI=1S/C22H18N4O4S/c1-29-17-5-8-19(23-13-17)15-4-9-20-16(12-15)10-11-26(20)31(28)18-6-2-14(3-7-18)21-24-22(27)30-25-21/h2-9,12-13H,10-11H2,1H3,(H,24,25,27)/p+1. The Labute approximate surface area is 180 Å². The highest BCUT2D eigenvalue weighted by Gasteiger charge is 2.29. The highest BCUT2D eigenvalue weighted by molar-refractivity contribution is 7.86. The summed E-state index contributed by atoms with van der Waals surface area (Å²) in [6.07, 6.45) is 2.52. The number of nitrogens with one attached hydrogen (secondary N) is 1. The molecule has 0 spiro atoms. The number of H-pyrrole nitrogens is 1. The second-order valence-corrected chi connectivity index (χ2v) is 8.61. The molecule has 0 amide bonds. The molecule has 8 nitrogen and oxygen atoms in total. The largest absolute Gasteiger partial charge is 0.495 e. The van der Waals surface area contributed by atoms with Gasteiger partial charge < -0.3 is 4.74 Å². The van der Waals surface area contributed by atoms with Crippen molar-refractivity contribution in [2.24, 2.45) is 0 Å². The fourth-order valence-electron chi connectivity index (χ4n) is 3.64. The van der Waals surface area contributed by atoms with E-state index in [9.17, 15) is 9.00 Å². The van der Waals surface area contributed by atoms with Crippen LogP contribution in [0.4, 0.5) is 5.69 Å². The van der Waals surface area contributed by atoms with Gasteiger partial charge in [0.1, 0.15) is 5.75 Å². The summed E-state index contributed by atoms with van der Waals surface area (Å²) in [6, 6.07) is 17.0. The molecule has 0 radical (unpaired) electrons. The highest BCUT2D eigenvalue weighted by atomic mass is 32.2. The summed E-state index contributed by atoms with van der Waals surface area (Å²) >= 11 is 0. The van der Waals surface area contributed by atoms with Crippen LogP contribution in [-0.4, -0.2) is 28.8 Å². The average molecular weight is 435 g/mol. The third-order valence-electron chi connectivity index (χ3n) is 5.24. The van der Waals surface area contributed by atoms with Gasteiger partial charge in [0, 0.05) is 11.1 Å². The molecule has 2 aromatic heterocycles. The molecular weight excluding hydrogens is 416 g/mol. The Balaban J connectivity index is 1.38. The third kappa shape index (κ3) is 3.64. The van der Waals surface area contributed by atoms with Crippen LogP contribution in [0.2, 0.25) is 0 Å². The summed E-state index contributed by atoms with van der Waals surface area (Å²) in [5, 5.41) is 3.67. The van der Waals surface area contributed by atoms with Crippen molar-refractivity contribution in [2.45, 2.75) is 11.3 Å². The Morgan fingerprint density at radius 2 is 1.90 bits per heavy atom. The van der Waals surface area contributed by atoms with Gasteiger partial charge in [-0.05, 0) is 60.5 Å². The van der Waals surface area contributed by atoms with E-state index in [2.05, 4.69) is 25.7 Å². The van der Waals surface area contributed by atoms with Crippen molar-refractivity contribution in [3.63, 3.8) is 0 Å². The van der Waals surface area contributed by atoms with Gasteiger partial charge in [-0.25, -0.2) is 4.79 Å². The van der Waals surface area contributed by atoms with Gasteiger partial charge >= 0.3 is 5.76 Å². The molecule has 0 aliphatic carbocycles. The minimum atomic E-state index is -1.77. The maximum absolute atomic E-state index is 13.2. The van der Waals surface area contributed by atoms with Crippen LogP contribution in [0.3, 0.4) is 0 Å². The molecule has 5 rings (SSSR count). The predicted molar refractivity (Wildman–Crippen MR) is 118 cm³/mol. The molecule has 1 atom stereocenters. The number of hydrogen-bond donors (Lipinski definition) is 1. The number of aromatic amines is 1. The van der Waals surface area contributed by atoms with Crippen molar-refractivity contribution in [1.29, 1.82) is 0 Å². The normalized spacial score (nSPS) is 13.8. The maximum atomic E-state index is 13.2. The fourth-order valence-corrected chi connectivity index (χ4v) is 5.00. The molecule has 9 heteroatoms. The lowest BCUT2D eigenvalue weighted by Crippen LogP contribution is -2.22. The molecule has 1 N–H and O–H groups in total. The van der Waals surface area contributed by atoms with Crippen LogP contribution in [0, 0.1) is 0 Å². The summed E-state index contributed by atoms with van der Waals surface area (Å²) < 4.78 is 24.9. The Morgan fingerprint density at radius 1 is 1.10 bits per heavy atom. The van der Waals surface area contributed by atoms with Crippen LogP contribution >= 0.6 is 0 Å². The third-order valence-corrected chi connectivity index (χ3v) is 6.83. The molecule has 3 heterocycles. The van der Waals surface area contributed by atoms with Gasteiger partial charge in [0.05, 0.1) is 31.2 Å². The monoisotopic (exact) mass is 435 g/mol. The van der Waals surface area contributed by atoms with Crippen LogP contribution in [0.25, 0.3) is 22.6 Å². The van der Waals surface area contributed by atoms with Crippen molar-refractivity contribution >= 4 is 16.7 Å². The molecule has 31 heavy (non-hydrogen) atoms. The Morgan fingerprint density at radius 3 is 2.58 bits per heavy atom. The Kier molecular flexibility index (Phi) is 4.87. The summed E-state index contributed by atoms with van der Waals surface area (Å²) in [7, 11) is -0.159. The number of aromatic nitrogens is 3. The first-order valence-corrected chi connectivity index (χ1v) is 10.9. The fraction of sp³-hybridized carbons (Fsp3) is 0.136. The van der Waals surface area contributed by atoms with E-state index in [1.807, 2.05) is 28.6 Å². The van der Waals surface area contributed by atoms with Gasteiger partial charge in [0.2, 0.25) is 0 Å². The van der Waals surface area contributed by atoms with E-state index in [-0.39, 0.29) is 0 Å². The molecule has 1 aliphatic heterocycles. The van der Waals surface area contributed by atoms with Gasteiger partial charge in [0.25, 0.3) is 0 Å². The van der Waals surface area contributed by atoms with Gasteiger partial charge in [-0.3, -0.25) is 14.5 Å². The number of hydrogen-bond acceptors (Lipinski definition) is 6. The van der Waals surface area contributed by atoms with Crippen LogP contribution < -0.4 is 14.8 Å². The molecule has 156 valence electrons. The van der Waals surface area contributed by atoms with E-state index < -0.39 is 16.7 Å². The molecule has 0 saturated heterocycles. The first-order valence-electron chi connectivity index (χ1n) is 9.67. The second-order valence-electron chi connectivity index (χ2n) is 7.06. The van der Waals surface area contributed by atoms with E-state index in [1.165, 1.54) is 0 Å². The molecule has 1 unspecified atom stereocenters. The predicted octanol–water partition coefficient (Wildman–Crippen LogP) is 3.13. The average Bonchev–Trinajstić information content (AvgIpc) is 3.44. The van der Waals surface area contributed by atoms with Crippen molar-refractivity contribution in [3.05, 3.63) is 76.9 Å². The maximum Gasteiger partial charge on any atom is 0.439 e. The van der Waals surface area contributed by atoms with Crippen molar-refractivity contribution in [3.8, 4) is 28.4 Å². The van der Waals surface area contributed by atoms with E-state index in [0.717, 1.165) is 28.9 Å². The first-order chi connectivity index (χ1) is 15.1. The smallest absolute Gasteiger partial charge is 0.439 e. The van der Waals surface area contributed by atoms with Crippen LogP contribution in [0.5, 0.6) is 5.75 Å². The molecular formula is C22H19N4O4S+. The molecule has 0 bridgehead atoms. The topological polar surface area (TPSA) is 101 Å². The first kappa shape index (κ1) is 19.3. The van der Waals surface area contributed by atoms with Gasteiger partial charge in [-0.2, -0.15) is 4.31 Å². The molecule has 1 aliphatic rings. The van der Waals surface area contributed by atoms with Gasteiger partial charge in [-0.15, -0.1) is 0 Å². The van der Waals surface area contributed by atoms with E-state index in [0.29, 0.717) is 28.6 Å². The number of pyridine rings is 1. The number of rotatable bonds is 5. The van der Waals surface area contributed by atoms with Crippen molar-refractivity contribution in [1.82, 2.24) is 15.1 Å². The minimum Gasteiger partial charge on any atom is -0.495 e. The SMILES string of the molecule is COc1ccc(-c2ccc3c(c2)CCN3[SH+](=O)c2ccc(-c3noc(=O)[nH]3)cc2)nc1. The molecule has 0 fully saturated rings. The minimum absolute atomic E-state index is 0.345. The quantitative estimate of drug-likeness (QED) is 0.382. The Hall–Kier alpha value is -3.72. The van der Waals surface area contributed by atoms with Crippen LogP contribution in [-0.2, 0) is 21.6 Å². The summed E-state index contributed by atoms with van der Waals surface area (Å²) in [5.41, 5.74) is 4.70. The van der Waals surface area contributed by atoms with Gasteiger partial charge in [0.15, 0.2) is 21.7 Å². The lowest BCUT2D eigenvalue weighted by atomic mass is 10.1. The molecule has 4 aromatic rings. The van der Waals surface area contributed by atoms with E-state index in [1.54, 1.807) is 37.6 Å². The van der Waals surface area contributed by atoms with E-state index >= 15 is 0 Å². The van der Waals surface area contributed by atoms with Crippen molar-refractivity contribution < 1.29 is 13.5 Å². The van der Waals surface area contributed by atoms with Crippen LogP contribution in [0.1, 0.15) is 5.56 Å². The second kappa shape index (κ2) is 7.84. The number of anilines is 1. The lowest BCUT2D eigenvalue weighted by Gasteiger charge is -2.13. The summed E-state index contributed by atoms with van der Waals surface area (Å²) in [6.45, 7) is 0.683. The van der Waals surface area contributed by atoms with Crippen LogP contribution in [0.15, 0.2) is 75.0 Å².